The SMILES string of the molecule is COc1ccc(OC)c(C(C)(C)C2CCNCC2)c1. The molecule has 2 rings (SSSR count). The molecule has 0 amide bonds. The van der Waals surface area contributed by atoms with Crippen LogP contribution in [0.15, 0.2) is 18.2 Å². The van der Waals surface area contributed by atoms with Crippen LogP contribution >= 0.6 is 0 Å². The van der Waals surface area contributed by atoms with Crippen LogP contribution in [0.25, 0.3) is 0 Å². The highest BCUT2D eigenvalue weighted by atomic mass is 16.5. The first-order chi connectivity index (χ1) is 9.09. The second-order valence-corrected chi connectivity index (χ2v) is 5.81. The van der Waals surface area contributed by atoms with Crippen molar-refractivity contribution in [3.05, 3.63) is 23.8 Å². The number of hydrogen-bond acceptors (Lipinski definition) is 3. The van der Waals surface area contributed by atoms with Gasteiger partial charge < -0.3 is 14.8 Å². The highest BCUT2D eigenvalue weighted by molar-refractivity contribution is 5.45. The fourth-order valence-electron chi connectivity index (χ4n) is 3.08. The summed E-state index contributed by atoms with van der Waals surface area (Å²) in [5.74, 6) is 2.54. The lowest BCUT2D eigenvalue weighted by atomic mass is 9.69. The van der Waals surface area contributed by atoms with Crippen LogP contribution in [-0.2, 0) is 5.41 Å². The molecule has 3 heteroatoms. The third-order valence-electron chi connectivity index (χ3n) is 4.46. The Labute approximate surface area is 116 Å². The number of benzene rings is 1. The van der Waals surface area contributed by atoms with Gasteiger partial charge in [-0.3, -0.25) is 0 Å². The van der Waals surface area contributed by atoms with Gasteiger partial charge in [-0.2, -0.15) is 0 Å². The maximum Gasteiger partial charge on any atom is 0.122 e. The Bertz CT molecular complexity index is 423. The zero-order valence-corrected chi connectivity index (χ0v) is 12.5. The van der Waals surface area contributed by atoms with Gasteiger partial charge in [0, 0.05) is 5.56 Å². The molecular formula is C16H25NO2. The minimum Gasteiger partial charge on any atom is -0.497 e. The van der Waals surface area contributed by atoms with Crippen molar-refractivity contribution in [1.29, 1.82) is 0 Å². The number of nitrogens with one attached hydrogen (secondary N) is 1. The zero-order chi connectivity index (χ0) is 13.9. The summed E-state index contributed by atoms with van der Waals surface area (Å²) in [6, 6.07) is 6.10. The molecule has 1 heterocycles. The molecule has 0 aliphatic carbocycles. The molecule has 1 saturated heterocycles. The van der Waals surface area contributed by atoms with Gasteiger partial charge in [0.1, 0.15) is 11.5 Å². The van der Waals surface area contributed by atoms with Crippen molar-refractivity contribution in [3.8, 4) is 11.5 Å². The fourth-order valence-corrected chi connectivity index (χ4v) is 3.08. The first kappa shape index (κ1) is 14.2. The van der Waals surface area contributed by atoms with Crippen LogP contribution in [0.5, 0.6) is 11.5 Å². The zero-order valence-electron chi connectivity index (χ0n) is 12.5. The molecule has 1 aromatic carbocycles. The summed E-state index contributed by atoms with van der Waals surface area (Å²) in [5.41, 5.74) is 1.35. The Kier molecular flexibility index (Phi) is 4.35. The molecule has 1 N–H and O–H groups in total. The van der Waals surface area contributed by atoms with E-state index in [0.717, 1.165) is 24.6 Å². The van der Waals surface area contributed by atoms with E-state index in [0.29, 0.717) is 5.92 Å². The van der Waals surface area contributed by atoms with E-state index in [1.54, 1.807) is 14.2 Å². The molecule has 3 nitrogen and oxygen atoms in total. The van der Waals surface area contributed by atoms with Crippen molar-refractivity contribution < 1.29 is 9.47 Å². The molecule has 1 aromatic rings. The van der Waals surface area contributed by atoms with E-state index in [-0.39, 0.29) is 5.41 Å². The predicted molar refractivity (Wildman–Crippen MR) is 78.2 cm³/mol. The molecule has 1 aliphatic heterocycles. The third-order valence-corrected chi connectivity index (χ3v) is 4.46. The van der Waals surface area contributed by atoms with Crippen LogP contribution in [0.4, 0.5) is 0 Å². The van der Waals surface area contributed by atoms with Crippen LogP contribution in [-0.4, -0.2) is 27.3 Å². The normalized spacial score (nSPS) is 17.3. The van der Waals surface area contributed by atoms with Crippen LogP contribution in [0.2, 0.25) is 0 Å². The summed E-state index contributed by atoms with van der Waals surface area (Å²) in [4.78, 5) is 0. The van der Waals surface area contributed by atoms with E-state index in [4.69, 9.17) is 9.47 Å². The molecule has 1 aliphatic rings. The summed E-state index contributed by atoms with van der Waals surface area (Å²) < 4.78 is 10.9. The number of rotatable bonds is 4. The number of ether oxygens (including phenoxy) is 2. The van der Waals surface area contributed by atoms with Crippen molar-refractivity contribution in [2.24, 2.45) is 5.92 Å². The molecule has 0 bridgehead atoms. The quantitative estimate of drug-likeness (QED) is 0.906. The Morgan fingerprint density at radius 3 is 2.37 bits per heavy atom. The average Bonchev–Trinajstić information content (AvgIpc) is 2.47. The minimum absolute atomic E-state index is 0.0992. The van der Waals surface area contributed by atoms with Crippen molar-refractivity contribution >= 4 is 0 Å². The van der Waals surface area contributed by atoms with E-state index < -0.39 is 0 Å². The maximum absolute atomic E-state index is 5.55. The summed E-state index contributed by atoms with van der Waals surface area (Å²) in [5, 5.41) is 3.43. The van der Waals surface area contributed by atoms with Crippen LogP contribution in [0.1, 0.15) is 32.3 Å². The van der Waals surface area contributed by atoms with E-state index >= 15 is 0 Å². The molecule has 19 heavy (non-hydrogen) atoms. The topological polar surface area (TPSA) is 30.5 Å². The van der Waals surface area contributed by atoms with Crippen LogP contribution in [0, 0.1) is 5.92 Å². The van der Waals surface area contributed by atoms with E-state index in [2.05, 4.69) is 25.2 Å². The largest absolute Gasteiger partial charge is 0.497 e. The highest BCUT2D eigenvalue weighted by Crippen LogP contribution is 2.42. The lowest BCUT2D eigenvalue weighted by Gasteiger charge is -2.38. The summed E-state index contributed by atoms with van der Waals surface area (Å²) >= 11 is 0. The van der Waals surface area contributed by atoms with Gasteiger partial charge in [-0.05, 0) is 55.5 Å². The number of hydrogen-bond donors (Lipinski definition) is 1. The Hall–Kier alpha value is -1.22. The molecule has 0 atom stereocenters. The van der Waals surface area contributed by atoms with Crippen molar-refractivity contribution in [3.63, 3.8) is 0 Å². The lowest BCUT2D eigenvalue weighted by molar-refractivity contribution is 0.239. The first-order valence-electron chi connectivity index (χ1n) is 7.03. The first-order valence-corrected chi connectivity index (χ1v) is 7.03. The smallest absolute Gasteiger partial charge is 0.122 e. The fraction of sp³-hybridized carbons (Fsp3) is 0.625. The van der Waals surface area contributed by atoms with Gasteiger partial charge in [0.05, 0.1) is 14.2 Å². The van der Waals surface area contributed by atoms with Gasteiger partial charge in [0.2, 0.25) is 0 Å². The highest BCUT2D eigenvalue weighted by Gasteiger charge is 2.34. The minimum atomic E-state index is 0.0992. The molecule has 0 aromatic heterocycles. The average molecular weight is 263 g/mol. The standard InChI is InChI=1S/C16H25NO2/c1-16(2,12-7-9-17-10-8-12)14-11-13(18-3)5-6-15(14)19-4/h5-6,11-12,17H,7-10H2,1-4H3. The monoisotopic (exact) mass is 263 g/mol. The van der Waals surface area contributed by atoms with Crippen molar-refractivity contribution in [2.45, 2.75) is 32.1 Å². The third kappa shape index (κ3) is 2.86. The van der Waals surface area contributed by atoms with Gasteiger partial charge in [0.25, 0.3) is 0 Å². The molecule has 0 unspecified atom stereocenters. The molecule has 106 valence electrons. The van der Waals surface area contributed by atoms with E-state index in [1.807, 2.05) is 12.1 Å². The van der Waals surface area contributed by atoms with E-state index in [1.165, 1.54) is 18.4 Å². The second kappa shape index (κ2) is 5.83. The second-order valence-electron chi connectivity index (χ2n) is 5.81. The Morgan fingerprint density at radius 2 is 1.79 bits per heavy atom. The summed E-state index contributed by atoms with van der Waals surface area (Å²) in [7, 11) is 3.45. The van der Waals surface area contributed by atoms with Gasteiger partial charge in [-0.15, -0.1) is 0 Å². The molecular weight excluding hydrogens is 238 g/mol. The van der Waals surface area contributed by atoms with Crippen molar-refractivity contribution in [2.75, 3.05) is 27.3 Å². The van der Waals surface area contributed by atoms with Crippen molar-refractivity contribution in [1.82, 2.24) is 5.32 Å². The van der Waals surface area contributed by atoms with Gasteiger partial charge in [-0.25, -0.2) is 0 Å². The van der Waals surface area contributed by atoms with Gasteiger partial charge in [0.15, 0.2) is 0 Å². The van der Waals surface area contributed by atoms with E-state index in [9.17, 15) is 0 Å². The van der Waals surface area contributed by atoms with Gasteiger partial charge >= 0.3 is 0 Å². The summed E-state index contributed by atoms with van der Waals surface area (Å²) in [6.45, 7) is 6.86. The van der Waals surface area contributed by atoms with Crippen LogP contribution in [0.3, 0.4) is 0 Å². The molecule has 1 fully saturated rings. The molecule has 0 saturated carbocycles. The number of piperidine rings is 1. The maximum atomic E-state index is 5.55. The Balaban J connectivity index is 2.36. The van der Waals surface area contributed by atoms with Crippen LogP contribution < -0.4 is 14.8 Å². The Morgan fingerprint density at radius 1 is 1.11 bits per heavy atom. The molecule has 0 radical (unpaired) electrons. The predicted octanol–water partition coefficient (Wildman–Crippen LogP) is 2.98. The lowest BCUT2D eigenvalue weighted by Crippen LogP contribution is -2.38. The number of methoxy groups -OCH3 is 2. The van der Waals surface area contributed by atoms with Gasteiger partial charge in [-0.1, -0.05) is 13.8 Å². The molecule has 0 spiro atoms. The summed E-state index contributed by atoms with van der Waals surface area (Å²) in [6.07, 6.45) is 2.43.